The highest BCUT2D eigenvalue weighted by molar-refractivity contribution is 5.89. The highest BCUT2D eigenvalue weighted by Gasteiger charge is 2.12. The molecular weight excluding hydrogens is 154 g/mol. The van der Waals surface area contributed by atoms with Gasteiger partial charge in [0.1, 0.15) is 5.69 Å². The van der Waals surface area contributed by atoms with Crippen molar-refractivity contribution in [2.45, 2.75) is 20.3 Å². The van der Waals surface area contributed by atoms with Gasteiger partial charge in [-0.2, -0.15) is 0 Å². The Kier molecular flexibility index (Phi) is 2.53. The lowest BCUT2D eigenvalue weighted by Gasteiger charge is -1.97. The molecule has 1 aromatic heterocycles. The maximum atomic E-state index is 11.1. The Balaban J connectivity index is 3.02. The zero-order valence-electron chi connectivity index (χ0n) is 7.60. The normalized spacial score (nSPS) is 9.92. The number of aryl methyl sites for hydroxylation is 1. The van der Waals surface area contributed by atoms with Crippen LogP contribution in [0.15, 0.2) is 6.20 Å². The van der Waals surface area contributed by atoms with Crippen molar-refractivity contribution in [1.29, 1.82) is 0 Å². The van der Waals surface area contributed by atoms with E-state index in [9.17, 15) is 4.79 Å². The van der Waals surface area contributed by atoms with E-state index < -0.39 is 0 Å². The van der Waals surface area contributed by atoms with Crippen LogP contribution in [0.4, 0.5) is 0 Å². The quantitative estimate of drug-likeness (QED) is 0.681. The van der Waals surface area contributed by atoms with E-state index in [1.807, 2.05) is 13.1 Å². The summed E-state index contributed by atoms with van der Waals surface area (Å²) >= 11 is 0. The number of methoxy groups -OCH3 is 1. The summed E-state index contributed by atoms with van der Waals surface area (Å²) in [6.07, 6.45) is 2.78. The Morgan fingerprint density at radius 3 is 2.75 bits per heavy atom. The molecule has 0 aliphatic carbocycles. The summed E-state index contributed by atoms with van der Waals surface area (Å²) in [4.78, 5) is 14.0. The number of esters is 1. The van der Waals surface area contributed by atoms with Crippen LogP contribution in [0.25, 0.3) is 0 Å². The van der Waals surface area contributed by atoms with Crippen LogP contribution in [-0.4, -0.2) is 18.1 Å². The SMILES string of the molecule is CCc1c[nH]c(C(=O)OC)c1C. The van der Waals surface area contributed by atoms with E-state index in [4.69, 9.17) is 0 Å². The van der Waals surface area contributed by atoms with Crippen molar-refractivity contribution in [2.75, 3.05) is 7.11 Å². The molecule has 3 nitrogen and oxygen atoms in total. The summed E-state index contributed by atoms with van der Waals surface area (Å²) in [5.41, 5.74) is 2.72. The molecule has 0 atom stereocenters. The summed E-state index contributed by atoms with van der Waals surface area (Å²) in [7, 11) is 1.38. The number of ether oxygens (including phenoxy) is 1. The first-order valence-corrected chi connectivity index (χ1v) is 3.95. The molecule has 0 amide bonds. The standard InChI is InChI=1S/C9H13NO2/c1-4-7-5-10-8(6(7)2)9(11)12-3/h5,10H,4H2,1-3H3. The lowest BCUT2D eigenvalue weighted by atomic mass is 10.1. The fourth-order valence-corrected chi connectivity index (χ4v) is 1.22. The molecule has 1 N–H and O–H groups in total. The van der Waals surface area contributed by atoms with Gasteiger partial charge in [0, 0.05) is 6.20 Å². The van der Waals surface area contributed by atoms with Gasteiger partial charge in [0.15, 0.2) is 0 Å². The third-order valence-corrected chi connectivity index (χ3v) is 2.02. The molecule has 1 heterocycles. The Bertz CT molecular complexity index is 289. The summed E-state index contributed by atoms with van der Waals surface area (Å²) < 4.78 is 4.60. The van der Waals surface area contributed by atoms with Gasteiger partial charge in [-0.05, 0) is 24.5 Å². The molecule has 0 bridgehead atoms. The van der Waals surface area contributed by atoms with Crippen molar-refractivity contribution in [3.8, 4) is 0 Å². The third kappa shape index (κ3) is 1.35. The van der Waals surface area contributed by atoms with Gasteiger partial charge in [-0.1, -0.05) is 6.92 Å². The summed E-state index contributed by atoms with van der Waals surface area (Å²) in [5.74, 6) is -0.299. The Morgan fingerprint density at radius 2 is 2.33 bits per heavy atom. The zero-order valence-corrected chi connectivity index (χ0v) is 7.60. The highest BCUT2D eigenvalue weighted by Crippen LogP contribution is 2.13. The molecule has 1 aromatic rings. The molecule has 0 aliphatic heterocycles. The first kappa shape index (κ1) is 8.84. The predicted octanol–water partition coefficient (Wildman–Crippen LogP) is 1.67. The van der Waals surface area contributed by atoms with Crippen LogP contribution in [0.1, 0.15) is 28.5 Å². The molecule has 12 heavy (non-hydrogen) atoms. The number of carbonyl (C=O) groups excluding carboxylic acids is 1. The third-order valence-electron chi connectivity index (χ3n) is 2.02. The number of carbonyl (C=O) groups is 1. The molecule has 0 aliphatic rings. The maximum Gasteiger partial charge on any atom is 0.354 e. The lowest BCUT2D eigenvalue weighted by molar-refractivity contribution is 0.0594. The van der Waals surface area contributed by atoms with E-state index in [0.717, 1.165) is 17.5 Å². The highest BCUT2D eigenvalue weighted by atomic mass is 16.5. The van der Waals surface area contributed by atoms with E-state index in [0.29, 0.717) is 5.69 Å². The molecule has 0 unspecified atom stereocenters. The fraction of sp³-hybridized carbons (Fsp3) is 0.444. The Labute approximate surface area is 71.7 Å². The molecule has 0 saturated carbocycles. The minimum Gasteiger partial charge on any atom is -0.464 e. The van der Waals surface area contributed by atoms with Crippen molar-refractivity contribution in [1.82, 2.24) is 4.98 Å². The largest absolute Gasteiger partial charge is 0.464 e. The predicted molar refractivity (Wildman–Crippen MR) is 46.2 cm³/mol. The van der Waals surface area contributed by atoms with Crippen molar-refractivity contribution < 1.29 is 9.53 Å². The van der Waals surface area contributed by atoms with Crippen molar-refractivity contribution in [2.24, 2.45) is 0 Å². The first-order chi connectivity index (χ1) is 5.70. The zero-order chi connectivity index (χ0) is 9.14. The van der Waals surface area contributed by atoms with E-state index >= 15 is 0 Å². The smallest absolute Gasteiger partial charge is 0.354 e. The van der Waals surface area contributed by atoms with E-state index in [-0.39, 0.29) is 5.97 Å². The van der Waals surface area contributed by atoms with E-state index in [2.05, 4.69) is 16.6 Å². The van der Waals surface area contributed by atoms with Crippen LogP contribution in [-0.2, 0) is 11.2 Å². The number of nitrogens with one attached hydrogen (secondary N) is 1. The van der Waals surface area contributed by atoms with E-state index in [1.165, 1.54) is 7.11 Å². The Hall–Kier alpha value is -1.25. The van der Waals surface area contributed by atoms with Gasteiger partial charge in [0.25, 0.3) is 0 Å². The molecule has 0 spiro atoms. The van der Waals surface area contributed by atoms with Crippen LogP contribution in [0.3, 0.4) is 0 Å². The minimum absolute atomic E-state index is 0.299. The van der Waals surface area contributed by atoms with Crippen LogP contribution in [0.2, 0.25) is 0 Å². The molecular formula is C9H13NO2. The monoisotopic (exact) mass is 167 g/mol. The van der Waals surface area contributed by atoms with Crippen molar-refractivity contribution in [3.63, 3.8) is 0 Å². The molecule has 3 heteroatoms. The average Bonchev–Trinajstić information content (AvgIpc) is 2.45. The van der Waals surface area contributed by atoms with Gasteiger partial charge in [0.2, 0.25) is 0 Å². The number of aromatic nitrogens is 1. The molecule has 0 radical (unpaired) electrons. The summed E-state index contributed by atoms with van der Waals surface area (Å²) in [6.45, 7) is 3.97. The average molecular weight is 167 g/mol. The fourth-order valence-electron chi connectivity index (χ4n) is 1.22. The number of aromatic amines is 1. The molecule has 0 fully saturated rings. The van der Waals surface area contributed by atoms with Gasteiger partial charge in [-0.3, -0.25) is 0 Å². The van der Waals surface area contributed by atoms with Crippen LogP contribution < -0.4 is 0 Å². The summed E-state index contributed by atoms with van der Waals surface area (Å²) in [6, 6.07) is 0. The molecule has 66 valence electrons. The van der Waals surface area contributed by atoms with Gasteiger partial charge in [-0.15, -0.1) is 0 Å². The van der Waals surface area contributed by atoms with Crippen molar-refractivity contribution >= 4 is 5.97 Å². The second-order valence-corrected chi connectivity index (χ2v) is 2.66. The van der Waals surface area contributed by atoms with Gasteiger partial charge in [0.05, 0.1) is 7.11 Å². The Morgan fingerprint density at radius 1 is 1.67 bits per heavy atom. The van der Waals surface area contributed by atoms with Crippen LogP contribution in [0, 0.1) is 6.92 Å². The van der Waals surface area contributed by atoms with Crippen LogP contribution in [0.5, 0.6) is 0 Å². The molecule has 0 saturated heterocycles. The molecule has 1 rings (SSSR count). The maximum absolute atomic E-state index is 11.1. The first-order valence-electron chi connectivity index (χ1n) is 3.95. The second kappa shape index (κ2) is 3.43. The number of H-pyrrole nitrogens is 1. The number of rotatable bonds is 2. The van der Waals surface area contributed by atoms with Crippen LogP contribution >= 0.6 is 0 Å². The summed E-state index contributed by atoms with van der Waals surface area (Å²) in [5, 5.41) is 0. The number of hydrogen-bond donors (Lipinski definition) is 1. The van der Waals surface area contributed by atoms with Crippen molar-refractivity contribution in [3.05, 3.63) is 23.0 Å². The topological polar surface area (TPSA) is 42.1 Å². The second-order valence-electron chi connectivity index (χ2n) is 2.66. The van der Waals surface area contributed by atoms with E-state index in [1.54, 1.807) is 0 Å². The lowest BCUT2D eigenvalue weighted by Crippen LogP contribution is -2.03. The van der Waals surface area contributed by atoms with Gasteiger partial charge < -0.3 is 9.72 Å². The minimum atomic E-state index is -0.299. The molecule has 0 aromatic carbocycles. The van der Waals surface area contributed by atoms with Gasteiger partial charge >= 0.3 is 5.97 Å². The number of hydrogen-bond acceptors (Lipinski definition) is 2. The van der Waals surface area contributed by atoms with Gasteiger partial charge in [-0.25, -0.2) is 4.79 Å².